The Hall–Kier alpha value is -0.820. The van der Waals surface area contributed by atoms with Gasteiger partial charge in [0, 0.05) is 18.9 Å². The van der Waals surface area contributed by atoms with Crippen LogP contribution in [0.4, 0.5) is 5.69 Å². The molecule has 0 saturated carbocycles. The molecule has 2 N–H and O–H groups in total. The molecule has 0 fully saturated rings. The van der Waals surface area contributed by atoms with Crippen LogP contribution in [-0.4, -0.2) is 23.5 Å². The minimum atomic E-state index is -3.19. The zero-order chi connectivity index (χ0) is 14.1. The summed E-state index contributed by atoms with van der Waals surface area (Å²) >= 11 is 3.09. The van der Waals surface area contributed by atoms with Crippen molar-refractivity contribution in [2.24, 2.45) is 0 Å². The van der Waals surface area contributed by atoms with Crippen LogP contribution in [0.1, 0.15) is 20.8 Å². The van der Waals surface area contributed by atoms with Crippen LogP contribution in [0.5, 0.6) is 0 Å². The molecule has 0 amide bonds. The average Bonchev–Trinajstić information content (AvgIpc) is 2.21. The summed E-state index contributed by atoms with van der Waals surface area (Å²) in [6.45, 7) is 5.26. The van der Waals surface area contributed by atoms with E-state index in [0.29, 0.717) is 4.47 Å². The molecule has 0 atom stereocenters. The number of sulfone groups is 1. The highest BCUT2D eigenvalue weighted by atomic mass is 79.9. The maximum absolute atomic E-state index is 11.9. The van der Waals surface area contributed by atoms with Gasteiger partial charge in [0.15, 0.2) is 9.84 Å². The Morgan fingerprint density at radius 1 is 1.33 bits per heavy atom. The molecule has 0 spiro atoms. The Balaban J connectivity index is 2.93. The fourth-order valence-electron chi connectivity index (χ4n) is 1.28. The lowest BCUT2D eigenvalue weighted by atomic mass is 10.3. The Morgan fingerprint density at radius 2 is 1.89 bits per heavy atom. The van der Waals surface area contributed by atoms with Crippen LogP contribution < -0.4 is 11.2 Å². The van der Waals surface area contributed by atoms with E-state index in [9.17, 15) is 13.2 Å². The molecule has 0 aromatic carbocycles. The maximum atomic E-state index is 11.9. The van der Waals surface area contributed by atoms with E-state index in [0.717, 1.165) is 0 Å². The first-order valence-electron chi connectivity index (χ1n) is 5.42. The van der Waals surface area contributed by atoms with E-state index in [4.69, 9.17) is 5.73 Å². The Bertz CT molecular complexity index is 573. The van der Waals surface area contributed by atoms with Gasteiger partial charge in [0.25, 0.3) is 0 Å². The van der Waals surface area contributed by atoms with E-state index in [1.165, 1.54) is 12.4 Å². The molecule has 0 aliphatic carbocycles. The number of nitrogens with zero attached hydrogens (tertiary/aromatic N) is 1. The second-order valence-electron chi connectivity index (χ2n) is 5.06. The third-order valence-electron chi connectivity index (χ3n) is 2.61. The van der Waals surface area contributed by atoms with Crippen LogP contribution in [-0.2, 0) is 16.4 Å². The van der Waals surface area contributed by atoms with Crippen LogP contribution in [0.3, 0.4) is 0 Å². The van der Waals surface area contributed by atoms with E-state index in [1.54, 1.807) is 25.3 Å². The number of aryl methyl sites for hydroxylation is 1. The highest BCUT2D eigenvalue weighted by Gasteiger charge is 2.28. The van der Waals surface area contributed by atoms with Crippen molar-refractivity contribution in [3.63, 3.8) is 0 Å². The van der Waals surface area contributed by atoms with Gasteiger partial charge < -0.3 is 10.3 Å². The summed E-state index contributed by atoms with van der Waals surface area (Å²) in [6, 6.07) is 0. The van der Waals surface area contributed by atoms with Gasteiger partial charge in [-0.3, -0.25) is 4.79 Å². The molecule has 1 aromatic rings. The molecular weight excluding hydrogens is 320 g/mol. The van der Waals surface area contributed by atoms with Crippen molar-refractivity contribution in [2.75, 3.05) is 11.5 Å². The summed E-state index contributed by atoms with van der Waals surface area (Å²) in [5.41, 5.74) is 5.34. The van der Waals surface area contributed by atoms with Crippen LogP contribution in [0.25, 0.3) is 0 Å². The monoisotopic (exact) mass is 336 g/mol. The van der Waals surface area contributed by atoms with Gasteiger partial charge in [0.2, 0.25) is 5.43 Å². The fourth-order valence-corrected chi connectivity index (χ4v) is 2.83. The maximum Gasteiger partial charge on any atom is 0.218 e. The van der Waals surface area contributed by atoms with Gasteiger partial charge in [-0.2, -0.15) is 0 Å². The van der Waals surface area contributed by atoms with Crippen molar-refractivity contribution in [2.45, 2.75) is 32.1 Å². The molecule has 0 saturated heterocycles. The Morgan fingerprint density at radius 3 is 2.33 bits per heavy atom. The summed E-state index contributed by atoms with van der Waals surface area (Å²) in [7, 11) is -3.19. The summed E-state index contributed by atoms with van der Waals surface area (Å²) in [5, 5.41) is 0. The molecule has 18 heavy (non-hydrogen) atoms. The first kappa shape index (κ1) is 15.2. The summed E-state index contributed by atoms with van der Waals surface area (Å²) in [4.78, 5) is 11.4. The minimum absolute atomic E-state index is 0.00521. The van der Waals surface area contributed by atoms with E-state index < -0.39 is 14.6 Å². The Kier molecular flexibility index (Phi) is 4.27. The molecule has 1 heterocycles. The second-order valence-corrected chi connectivity index (χ2v) is 8.78. The number of rotatable bonds is 3. The Labute approximate surface area is 115 Å². The highest BCUT2D eigenvalue weighted by Crippen LogP contribution is 2.16. The molecule has 1 aromatic heterocycles. The van der Waals surface area contributed by atoms with Gasteiger partial charge >= 0.3 is 0 Å². The van der Waals surface area contributed by atoms with Crippen molar-refractivity contribution in [3.8, 4) is 0 Å². The lowest BCUT2D eigenvalue weighted by Crippen LogP contribution is -2.32. The topological polar surface area (TPSA) is 82.2 Å². The van der Waals surface area contributed by atoms with Crippen molar-refractivity contribution in [1.82, 2.24) is 4.57 Å². The fraction of sp³-hybridized carbons (Fsp3) is 0.545. The number of nitrogen functional groups attached to an aromatic ring is 1. The van der Waals surface area contributed by atoms with Crippen LogP contribution in [0.2, 0.25) is 0 Å². The van der Waals surface area contributed by atoms with E-state index >= 15 is 0 Å². The molecular formula is C11H17BrN2O3S. The predicted molar refractivity (Wildman–Crippen MR) is 76.4 cm³/mol. The molecule has 0 unspecified atom stereocenters. The molecule has 0 bridgehead atoms. The molecule has 0 aliphatic heterocycles. The van der Waals surface area contributed by atoms with Crippen molar-refractivity contribution >= 4 is 31.5 Å². The average molecular weight is 337 g/mol. The zero-order valence-electron chi connectivity index (χ0n) is 10.6. The normalized spacial score (nSPS) is 12.7. The quantitative estimate of drug-likeness (QED) is 0.904. The third kappa shape index (κ3) is 3.35. The van der Waals surface area contributed by atoms with Crippen LogP contribution in [0, 0.1) is 0 Å². The largest absolute Gasteiger partial charge is 0.394 e. The molecule has 7 heteroatoms. The third-order valence-corrected chi connectivity index (χ3v) is 5.77. The van der Waals surface area contributed by atoms with Crippen LogP contribution in [0.15, 0.2) is 21.7 Å². The molecule has 0 radical (unpaired) electrons. The first-order chi connectivity index (χ1) is 8.04. The number of pyridine rings is 1. The van der Waals surface area contributed by atoms with Gasteiger partial charge in [-0.15, -0.1) is 0 Å². The lowest BCUT2D eigenvalue weighted by molar-refractivity contribution is 0.553. The molecule has 5 nitrogen and oxygen atoms in total. The number of halogens is 1. The predicted octanol–water partition coefficient (Wildman–Crippen LogP) is 1.41. The van der Waals surface area contributed by atoms with Crippen molar-refractivity contribution in [3.05, 3.63) is 27.1 Å². The minimum Gasteiger partial charge on any atom is -0.394 e. The smallest absolute Gasteiger partial charge is 0.218 e. The lowest BCUT2D eigenvalue weighted by Gasteiger charge is -2.19. The van der Waals surface area contributed by atoms with E-state index in [-0.39, 0.29) is 23.4 Å². The number of hydrogen-bond donors (Lipinski definition) is 1. The first-order valence-corrected chi connectivity index (χ1v) is 7.86. The molecule has 1 rings (SSSR count). The number of hydrogen-bond acceptors (Lipinski definition) is 4. The summed E-state index contributed by atoms with van der Waals surface area (Å²) in [5.74, 6) is 0.00521. The van der Waals surface area contributed by atoms with E-state index in [2.05, 4.69) is 15.9 Å². The van der Waals surface area contributed by atoms with Crippen molar-refractivity contribution < 1.29 is 8.42 Å². The summed E-state index contributed by atoms with van der Waals surface area (Å²) in [6.07, 6.45) is 2.99. The van der Waals surface area contributed by atoms with Gasteiger partial charge in [-0.25, -0.2) is 8.42 Å². The molecule has 102 valence electrons. The standard InChI is InChI=1S/C11H17BrN2O3S/c1-11(2,3)18(16,17)5-4-14-6-8(12)10(15)9(13)7-14/h6-7H,4-5,13H2,1-3H3. The number of nitrogens with two attached hydrogens (primary N) is 1. The van der Waals surface area contributed by atoms with E-state index in [1.807, 2.05) is 0 Å². The number of aromatic nitrogens is 1. The highest BCUT2D eigenvalue weighted by molar-refractivity contribution is 9.10. The summed E-state index contributed by atoms with van der Waals surface area (Å²) < 4.78 is 25.0. The van der Waals surface area contributed by atoms with Gasteiger partial charge in [-0.05, 0) is 36.7 Å². The van der Waals surface area contributed by atoms with Gasteiger partial charge in [0.05, 0.1) is 20.7 Å². The SMILES string of the molecule is CC(C)(C)S(=O)(=O)CCn1cc(N)c(=O)c(Br)c1. The van der Waals surface area contributed by atoms with Crippen LogP contribution >= 0.6 is 15.9 Å². The molecule has 0 aliphatic rings. The van der Waals surface area contributed by atoms with Gasteiger partial charge in [0.1, 0.15) is 0 Å². The van der Waals surface area contributed by atoms with Gasteiger partial charge in [-0.1, -0.05) is 0 Å². The second kappa shape index (κ2) is 5.05. The zero-order valence-corrected chi connectivity index (χ0v) is 13.0. The van der Waals surface area contributed by atoms with Crippen molar-refractivity contribution in [1.29, 1.82) is 0 Å². The number of anilines is 1.